The van der Waals surface area contributed by atoms with Gasteiger partial charge in [-0.3, -0.25) is 25.8 Å². The lowest BCUT2D eigenvalue weighted by atomic mass is 10.1. The molecule has 0 unspecified atom stereocenters. The molecule has 0 bridgehead atoms. The first-order valence-electron chi connectivity index (χ1n) is 7.80. The van der Waals surface area contributed by atoms with Crippen molar-refractivity contribution in [2.75, 3.05) is 5.43 Å². The van der Waals surface area contributed by atoms with E-state index >= 15 is 0 Å². The molecule has 7 nitrogen and oxygen atoms in total. The van der Waals surface area contributed by atoms with Crippen LogP contribution in [0.15, 0.2) is 54.6 Å². The zero-order chi connectivity index (χ0) is 20.5. The summed E-state index contributed by atoms with van der Waals surface area (Å²) in [6.07, 6.45) is -4.75. The smallest absolute Gasteiger partial charge is 0.416 e. The summed E-state index contributed by atoms with van der Waals surface area (Å²) < 4.78 is 38.2. The van der Waals surface area contributed by atoms with Crippen molar-refractivity contribution in [3.05, 3.63) is 75.8 Å². The Labute approximate surface area is 155 Å². The lowest BCUT2D eigenvalue weighted by Gasteiger charge is -2.12. The highest BCUT2D eigenvalue weighted by Gasteiger charge is 2.33. The SMILES string of the molecule is O=C(NNc1ccc(C(F)(F)F)cc1[N+](=O)[O-])c1cc2ccccc2cc1O. The summed E-state index contributed by atoms with van der Waals surface area (Å²) in [7, 11) is 0. The quantitative estimate of drug-likeness (QED) is 0.456. The van der Waals surface area contributed by atoms with Gasteiger partial charge in [0.1, 0.15) is 11.4 Å². The van der Waals surface area contributed by atoms with Gasteiger partial charge < -0.3 is 5.11 Å². The zero-order valence-electron chi connectivity index (χ0n) is 13.9. The number of aromatic hydroxyl groups is 1. The highest BCUT2D eigenvalue weighted by atomic mass is 19.4. The molecule has 1 amide bonds. The van der Waals surface area contributed by atoms with Gasteiger partial charge in [-0.25, -0.2) is 0 Å². The van der Waals surface area contributed by atoms with E-state index in [-0.39, 0.29) is 17.0 Å². The fourth-order valence-electron chi connectivity index (χ4n) is 2.57. The molecular weight excluding hydrogens is 379 g/mol. The maximum atomic E-state index is 12.7. The second-order valence-corrected chi connectivity index (χ2v) is 5.78. The Balaban J connectivity index is 1.85. The van der Waals surface area contributed by atoms with Crippen LogP contribution in [0.4, 0.5) is 24.5 Å². The summed E-state index contributed by atoms with van der Waals surface area (Å²) in [5.41, 5.74) is 1.86. The van der Waals surface area contributed by atoms with Gasteiger partial charge in [-0.15, -0.1) is 0 Å². The maximum absolute atomic E-state index is 12.7. The number of hydrogen-bond donors (Lipinski definition) is 3. The first-order valence-corrected chi connectivity index (χ1v) is 7.80. The third-order valence-electron chi connectivity index (χ3n) is 3.94. The number of benzene rings is 3. The Morgan fingerprint density at radius 2 is 1.68 bits per heavy atom. The van der Waals surface area contributed by atoms with Crippen LogP contribution in [0, 0.1) is 10.1 Å². The first kappa shape index (κ1) is 19.0. The number of halogens is 3. The average Bonchev–Trinajstić information content (AvgIpc) is 2.64. The Morgan fingerprint density at radius 1 is 1.04 bits per heavy atom. The van der Waals surface area contributed by atoms with Crippen LogP contribution >= 0.6 is 0 Å². The summed E-state index contributed by atoms with van der Waals surface area (Å²) in [4.78, 5) is 22.4. The van der Waals surface area contributed by atoms with Crippen molar-refractivity contribution in [3.8, 4) is 5.75 Å². The number of phenolic OH excluding ortho intramolecular Hbond substituents is 1. The monoisotopic (exact) mass is 391 g/mol. The van der Waals surface area contributed by atoms with Crippen molar-refractivity contribution in [2.24, 2.45) is 0 Å². The fraction of sp³-hybridized carbons (Fsp3) is 0.0556. The van der Waals surface area contributed by atoms with E-state index in [1.54, 1.807) is 24.3 Å². The Bertz CT molecular complexity index is 1080. The summed E-state index contributed by atoms with van der Waals surface area (Å²) in [6.45, 7) is 0. The minimum absolute atomic E-state index is 0.110. The standard InChI is InChI=1S/C18H12F3N3O4/c19-18(20,21)12-5-6-14(15(9-12)24(27)28)22-23-17(26)13-7-10-3-1-2-4-11(10)8-16(13)25/h1-9,22,25H,(H,23,26). The summed E-state index contributed by atoms with van der Waals surface area (Å²) in [6, 6.07) is 11.6. The number of anilines is 1. The zero-order valence-corrected chi connectivity index (χ0v) is 13.9. The van der Waals surface area contributed by atoms with Gasteiger partial charge in [-0.1, -0.05) is 24.3 Å². The molecule has 0 aromatic heterocycles. The number of fused-ring (bicyclic) bond motifs is 1. The summed E-state index contributed by atoms with van der Waals surface area (Å²) in [5, 5.41) is 22.5. The molecule has 0 fully saturated rings. The topological polar surface area (TPSA) is 104 Å². The van der Waals surface area contributed by atoms with E-state index in [0.29, 0.717) is 22.9 Å². The fourth-order valence-corrected chi connectivity index (χ4v) is 2.57. The van der Waals surface area contributed by atoms with Gasteiger partial charge in [0.15, 0.2) is 0 Å². The predicted octanol–water partition coefficient (Wildman–Crippen LogP) is 4.23. The second-order valence-electron chi connectivity index (χ2n) is 5.78. The van der Waals surface area contributed by atoms with E-state index < -0.39 is 28.3 Å². The van der Waals surface area contributed by atoms with E-state index in [0.717, 1.165) is 6.07 Å². The van der Waals surface area contributed by atoms with Crippen LogP contribution in [0.3, 0.4) is 0 Å². The molecule has 144 valence electrons. The molecule has 3 N–H and O–H groups in total. The van der Waals surface area contributed by atoms with Crippen molar-refractivity contribution in [1.82, 2.24) is 5.43 Å². The van der Waals surface area contributed by atoms with Crippen molar-refractivity contribution in [3.63, 3.8) is 0 Å². The van der Waals surface area contributed by atoms with Gasteiger partial charge in [0.25, 0.3) is 11.6 Å². The number of nitrogens with zero attached hydrogens (tertiary/aromatic N) is 1. The van der Waals surface area contributed by atoms with Gasteiger partial charge in [0, 0.05) is 6.07 Å². The average molecular weight is 391 g/mol. The van der Waals surface area contributed by atoms with Gasteiger partial charge in [-0.05, 0) is 35.0 Å². The predicted molar refractivity (Wildman–Crippen MR) is 94.8 cm³/mol. The summed E-state index contributed by atoms with van der Waals surface area (Å²) in [5.74, 6) is -1.14. The Morgan fingerprint density at radius 3 is 2.29 bits per heavy atom. The van der Waals surface area contributed by atoms with Crippen LogP contribution in [0.5, 0.6) is 5.75 Å². The van der Waals surface area contributed by atoms with Crippen LogP contribution < -0.4 is 10.9 Å². The lowest BCUT2D eigenvalue weighted by Crippen LogP contribution is -2.29. The second kappa shape index (κ2) is 7.06. The molecule has 3 aromatic carbocycles. The number of carbonyl (C=O) groups is 1. The minimum atomic E-state index is -4.75. The molecule has 0 aliphatic rings. The van der Waals surface area contributed by atoms with Crippen LogP contribution in [0.1, 0.15) is 15.9 Å². The number of phenols is 1. The van der Waals surface area contributed by atoms with Gasteiger partial charge >= 0.3 is 6.18 Å². The van der Waals surface area contributed by atoms with Crippen molar-refractivity contribution in [2.45, 2.75) is 6.18 Å². The minimum Gasteiger partial charge on any atom is -0.507 e. The molecule has 0 saturated heterocycles. The number of hydrazine groups is 1. The summed E-state index contributed by atoms with van der Waals surface area (Å²) >= 11 is 0. The Kier molecular flexibility index (Phi) is 4.78. The van der Waals surface area contributed by atoms with Crippen molar-refractivity contribution in [1.29, 1.82) is 0 Å². The van der Waals surface area contributed by atoms with Crippen molar-refractivity contribution < 1.29 is 28.0 Å². The normalized spacial score (nSPS) is 11.2. The first-order chi connectivity index (χ1) is 13.2. The number of carbonyl (C=O) groups excluding carboxylic acids is 1. The molecule has 0 spiro atoms. The van der Waals surface area contributed by atoms with Crippen LogP contribution in [-0.4, -0.2) is 15.9 Å². The van der Waals surface area contributed by atoms with E-state index in [1.165, 1.54) is 12.1 Å². The van der Waals surface area contributed by atoms with Gasteiger partial charge in [0.05, 0.1) is 16.1 Å². The van der Waals surface area contributed by atoms with Crippen LogP contribution in [0.2, 0.25) is 0 Å². The Hall–Kier alpha value is -3.82. The number of alkyl halides is 3. The number of hydrogen-bond acceptors (Lipinski definition) is 5. The number of rotatable bonds is 4. The molecule has 0 aliphatic carbocycles. The number of nitro benzene ring substituents is 1. The van der Waals surface area contributed by atoms with Crippen LogP contribution in [-0.2, 0) is 6.18 Å². The van der Waals surface area contributed by atoms with Crippen molar-refractivity contribution >= 4 is 28.1 Å². The molecule has 0 saturated carbocycles. The molecule has 0 radical (unpaired) electrons. The van der Waals surface area contributed by atoms with E-state index in [2.05, 4.69) is 10.9 Å². The number of nitrogens with one attached hydrogen (secondary N) is 2. The van der Waals surface area contributed by atoms with E-state index in [9.17, 15) is 33.2 Å². The highest BCUT2D eigenvalue weighted by molar-refractivity contribution is 6.02. The maximum Gasteiger partial charge on any atom is 0.416 e. The molecule has 3 aromatic rings. The number of nitro groups is 1. The van der Waals surface area contributed by atoms with Gasteiger partial charge in [-0.2, -0.15) is 13.2 Å². The molecule has 28 heavy (non-hydrogen) atoms. The molecule has 0 heterocycles. The molecule has 0 aliphatic heterocycles. The van der Waals surface area contributed by atoms with E-state index in [4.69, 9.17) is 0 Å². The van der Waals surface area contributed by atoms with Crippen LogP contribution in [0.25, 0.3) is 10.8 Å². The molecular formula is C18H12F3N3O4. The number of amides is 1. The van der Waals surface area contributed by atoms with E-state index in [1.807, 2.05) is 0 Å². The third-order valence-corrected chi connectivity index (χ3v) is 3.94. The largest absolute Gasteiger partial charge is 0.507 e. The lowest BCUT2D eigenvalue weighted by molar-refractivity contribution is -0.384. The molecule has 0 atom stereocenters. The molecule has 10 heteroatoms. The molecule has 3 rings (SSSR count). The van der Waals surface area contributed by atoms with Gasteiger partial charge in [0.2, 0.25) is 0 Å². The third kappa shape index (κ3) is 3.80. The highest BCUT2D eigenvalue weighted by Crippen LogP contribution is 2.34.